The van der Waals surface area contributed by atoms with Crippen molar-refractivity contribution < 1.29 is 10.0 Å². The molecule has 0 radical (unpaired) electrons. The molecule has 0 bridgehead atoms. The van der Waals surface area contributed by atoms with E-state index in [-0.39, 0.29) is 24.0 Å². The lowest BCUT2D eigenvalue weighted by atomic mass is 10.1. The number of hydrogen-bond donors (Lipinski definition) is 4. The van der Waals surface area contributed by atoms with Crippen LogP contribution in [0.25, 0.3) is 0 Å². The Morgan fingerprint density at radius 3 is 2.72 bits per heavy atom. The Morgan fingerprint density at radius 1 is 1.56 bits per heavy atom. The Kier molecular flexibility index (Phi) is 4.81. The maximum Gasteiger partial charge on any atom is 0.311 e. The van der Waals surface area contributed by atoms with Gasteiger partial charge in [0, 0.05) is 12.6 Å². The zero-order chi connectivity index (χ0) is 13.7. The Balaban J connectivity index is 2.87. The quantitative estimate of drug-likeness (QED) is 0.335. The number of hydrazine groups is 1. The van der Waals surface area contributed by atoms with Crippen LogP contribution in [0.15, 0.2) is 12.1 Å². The number of nitro groups is 1. The lowest BCUT2D eigenvalue weighted by Crippen LogP contribution is -2.25. The number of aliphatic hydroxyl groups is 1. The molecule has 1 rings (SSSR count). The van der Waals surface area contributed by atoms with Gasteiger partial charge in [0.25, 0.3) is 0 Å². The van der Waals surface area contributed by atoms with Crippen LogP contribution >= 0.6 is 0 Å². The predicted molar refractivity (Wildman–Crippen MR) is 68.0 cm³/mol. The highest BCUT2D eigenvalue weighted by Gasteiger charge is 2.17. The van der Waals surface area contributed by atoms with Crippen LogP contribution in [0.4, 0.5) is 17.3 Å². The van der Waals surface area contributed by atoms with Crippen molar-refractivity contribution in [2.45, 2.75) is 20.0 Å². The number of nitrogens with zero attached hydrogens (tertiary/aromatic N) is 2. The molecule has 1 heterocycles. The predicted octanol–water partition coefficient (Wildman–Crippen LogP) is 0.704. The fourth-order valence-electron chi connectivity index (χ4n) is 1.25. The standard InChI is InChI=1S/C10H17N5O3/c1-6(2)8(16)5-12-10-7(15(17)18)3-4-9(13-10)14-11/h3-4,6,8,16H,5,11H2,1-2H3,(H2,12,13,14). The Bertz CT molecular complexity index is 424. The second-order valence-electron chi connectivity index (χ2n) is 4.16. The molecule has 0 amide bonds. The molecular weight excluding hydrogens is 238 g/mol. The minimum absolute atomic E-state index is 0.0485. The summed E-state index contributed by atoms with van der Waals surface area (Å²) in [6.07, 6.45) is -0.610. The van der Waals surface area contributed by atoms with Gasteiger partial charge in [-0.3, -0.25) is 10.1 Å². The van der Waals surface area contributed by atoms with Gasteiger partial charge < -0.3 is 15.8 Å². The van der Waals surface area contributed by atoms with Crippen molar-refractivity contribution in [1.29, 1.82) is 0 Å². The molecule has 1 unspecified atom stereocenters. The number of aromatic nitrogens is 1. The molecule has 0 aromatic carbocycles. The van der Waals surface area contributed by atoms with Crippen molar-refractivity contribution >= 4 is 17.3 Å². The average Bonchev–Trinajstić information content (AvgIpc) is 2.34. The highest BCUT2D eigenvalue weighted by Crippen LogP contribution is 2.23. The molecule has 0 spiro atoms. The number of hydrogen-bond acceptors (Lipinski definition) is 7. The SMILES string of the molecule is CC(C)C(O)CNc1nc(NN)ccc1[N+](=O)[O-]. The summed E-state index contributed by atoms with van der Waals surface area (Å²) in [5, 5.41) is 23.2. The Hall–Kier alpha value is -1.93. The average molecular weight is 255 g/mol. The molecule has 1 aromatic heterocycles. The fraction of sp³-hybridized carbons (Fsp3) is 0.500. The molecule has 0 aliphatic rings. The van der Waals surface area contributed by atoms with Crippen molar-refractivity contribution in [3.05, 3.63) is 22.2 Å². The minimum Gasteiger partial charge on any atom is -0.391 e. The van der Waals surface area contributed by atoms with Gasteiger partial charge in [0.15, 0.2) is 0 Å². The first-order chi connectivity index (χ1) is 8.45. The van der Waals surface area contributed by atoms with E-state index in [2.05, 4.69) is 15.7 Å². The Labute approximate surface area is 104 Å². The second-order valence-corrected chi connectivity index (χ2v) is 4.16. The second kappa shape index (κ2) is 6.12. The first-order valence-corrected chi connectivity index (χ1v) is 5.49. The van der Waals surface area contributed by atoms with Crippen LogP contribution in [0.5, 0.6) is 0 Å². The lowest BCUT2D eigenvalue weighted by molar-refractivity contribution is -0.384. The van der Waals surface area contributed by atoms with Gasteiger partial charge in [0.05, 0.1) is 11.0 Å². The minimum atomic E-state index is -0.610. The van der Waals surface area contributed by atoms with Gasteiger partial charge >= 0.3 is 5.69 Å². The lowest BCUT2D eigenvalue weighted by Gasteiger charge is -2.15. The summed E-state index contributed by atoms with van der Waals surface area (Å²) in [6, 6.07) is 2.70. The van der Waals surface area contributed by atoms with Gasteiger partial charge in [-0.15, -0.1) is 0 Å². The normalized spacial score (nSPS) is 12.3. The van der Waals surface area contributed by atoms with Crippen molar-refractivity contribution in [2.75, 3.05) is 17.3 Å². The molecular formula is C10H17N5O3. The number of rotatable bonds is 6. The largest absolute Gasteiger partial charge is 0.391 e. The van der Waals surface area contributed by atoms with Crippen molar-refractivity contribution in [3.63, 3.8) is 0 Å². The number of anilines is 2. The maximum absolute atomic E-state index is 10.8. The number of pyridine rings is 1. The van der Waals surface area contributed by atoms with Crippen LogP contribution in [0.3, 0.4) is 0 Å². The maximum atomic E-state index is 10.8. The summed E-state index contributed by atoms with van der Waals surface area (Å²) < 4.78 is 0. The molecule has 1 aromatic rings. The van der Waals surface area contributed by atoms with E-state index in [1.165, 1.54) is 12.1 Å². The monoisotopic (exact) mass is 255 g/mol. The van der Waals surface area contributed by atoms with Crippen LogP contribution in [0, 0.1) is 16.0 Å². The summed E-state index contributed by atoms with van der Waals surface area (Å²) in [5.41, 5.74) is 2.15. The molecule has 0 aliphatic heterocycles. The van der Waals surface area contributed by atoms with E-state index in [0.717, 1.165) is 0 Å². The van der Waals surface area contributed by atoms with Gasteiger partial charge in [-0.1, -0.05) is 13.8 Å². The molecule has 0 fully saturated rings. The topological polar surface area (TPSA) is 126 Å². The smallest absolute Gasteiger partial charge is 0.311 e. The van der Waals surface area contributed by atoms with Crippen LogP contribution in [-0.4, -0.2) is 27.7 Å². The number of nitrogens with two attached hydrogens (primary N) is 1. The highest BCUT2D eigenvalue weighted by molar-refractivity contribution is 5.60. The molecule has 0 aliphatic carbocycles. The van der Waals surface area contributed by atoms with Crippen molar-refractivity contribution in [1.82, 2.24) is 4.98 Å². The van der Waals surface area contributed by atoms with Crippen molar-refractivity contribution in [3.8, 4) is 0 Å². The van der Waals surface area contributed by atoms with Gasteiger partial charge in [-0.05, 0) is 12.0 Å². The van der Waals surface area contributed by atoms with Crippen LogP contribution in [-0.2, 0) is 0 Å². The van der Waals surface area contributed by atoms with Crippen LogP contribution in [0.1, 0.15) is 13.8 Å². The van der Waals surface area contributed by atoms with E-state index in [1.807, 2.05) is 13.8 Å². The van der Waals surface area contributed by atoms with Crippen LogP contribution < -0.4 is 16.6 Å². The summed E-state index contributed by atoms with van der Waals surface area (Å²) in [5.74, 6) is 5.62. The molecule has 8 nitrogen and oxygen atoms in total. The zero-order valence-corrected chi connectivity index (χ0v) is 10.3. The summed E-state index contributed by atoms with van der Waals surface area (Å²) >= 11 is 0. The highest BCUT2D eigenvalue weighted by atomic mass is 16.6. The zero-order valence-electron chi connectivity index (χ0n) is 10.3. The van der Waals surface area contributed by atoms with E-state index < -0.39 is 11.0 Å². The molecule has 8 heteroatoms. The molecule has 0 saturated carbocycles. The third kappa shape index (κ3) is 3.54. The van der Waals surface area contributed by atoms with E-state index in [1.54, 1.807) is 0 Å². The third-order valence-electron chi connectivity index (χ3n) is 2.47. The number of nitrogen functional groups attached to an aromatic ring is 1. The summed E-state index contributed by atoms with van der Waals surface area (Å²) in [7, 11) is 0. The van der Waals surface area contributed by atoms with E-state index >= 15 is 0 Å². The van der Waals surface area contributed by atoms with E-state index in [4.69, 9.17) is 5.84 Å². The van der Waals surface area contributed by atoms with E-state index in [0.29, 0.717) is 5.82 Å². The summed E-state index contributed by atoms with van der Waals surface area (Å²) in [4.78, 5) is 14.2. The first-order valence-electron chi connectivity index (χ1n) is 5.49. The molecule has 5 N–H and O–H groups in total. The molecule has 1 atom stereocenters. The van der Waals surface area contributed by atoms with Crippen LogP contribution in [0.2, 0.25) is 0 Å². The summed E-state index contributed by atoms with van der Waals surface area (Å²) in [6.45, 7) is 3.89. The van der Waals surface area contributed by atoms with E-state index in [9.17, 15) is 15.2 Å². The molecule has 0 saturated heterocycles. The van der Waals surface area contributed by atoms with Crippen molar-refractivity contribution in [2.24, 2.45) is 11.8 Å². The van der Waals surface area contributed by atoms with Gasteiger partial charge in [0.1, 0.15) is 5.82 Å². The first kappa shape index (κ1) is 14.1. The fourth-order valence-corrected chi connectivity index (χ4v) is 1.25. The molecule has 100 valence electrons. The number of aliphatic hydroxyl groups excluding tert-OH is 1. The number of nitrogens with one attached hydrogen (secondary N) is 2. The van der Waals surface area contributed by atoms with Gasteiger partial charge in [0.2, 0.25) is 5.82 Å². The third-order valence-corrected chi connectivity index (χ3v) is 2.47. The van der Waals surface area contributed by atoms with Gasteiger partial charge in [-0.25, -0.2) is 10.8 Å². The molecule has 18 heavy (non-hydrogen) atoms. The Morgan fingerprint density at radius 2 is 2.22 bits per heavy atom. The van der Waals surface area contributed by atoms with Gasteiger partial charge in [-0.2, -0.15) is 0 Å².